The molecule has 0 spiro atoms. The van der Waals surface area contributed by atoms with Crippen molar-refractivity contribution in [3.05, 3.63) is 64.7 Å². The van der Waals surface area contributed by atoms with Gasteiger partial charge in [0.05, 0.1) is 19.2 Å². The van der Waals surface area contributed by atoms with Crippen molar-refractivity contribution in [1.82, 2.24) is 4.90 Å². The Morgan fingerprint density at radius 2 is 1.80 bits per heavy atom. The van der Waals surface area contributed by atoms with Gasteiger partial charge in [-0.15, -0.1) is 0 Å². The molecule has 0 saturated carbocycles. The molecule has 0 atom stereocenters. The van der Waals surface area contributed by atoms with Gasteiger partial charge >= 0.3 is 5.97 Å². The van der Waals surface area contributed by atoms with Crippen LogP contribution in [-0.4, -0.2) is 49.3 Å². The molecule has 1 aliphatic heterocycles. The Hall–Kier alpha value is -2.99. The number of Topliss-reactive ketones (excluding diaryl/α,β-unsaturated/α-hetero) is 1. The Kier molecular flexibility index (Phi) is 7.00. The molecule has 0 unspecified atom stereocenters. The summed E-state index contributed by atoms with van der Waals surface area (Å²) in [5.41, 5.74) is 3.93. The number of rotatable bonds is 6. The van der Waals surface area contributed by atoms with Crippen molar-refractivity contribution < 1.29 is 19.1 Å². The molecular formula is C24H28N2O4. The number of likely N-dealkylation sites (tertiary alicyclic amines) is 1. The molecule has 1 saturated heterocycles. The second-order valence-corrected chi connectivity index (χ2v) is 7.85. The van der Waals surface area contributed by atoms with E-state index >= 15 is 0 Å². The molecule has 1 amide bonds. The number of nitrogens with one attached hydrogen (secondary N) is 1. The lowest BCUT2D eigenvalue weighted by atomic mass is 9.87. The summed E-state index contributed by atoms with van der Waals surface area (Å²) in [6, 6.07) is 12.6. The van der Waals surface area contributed by atoms with E-state index in [-0.39, 0.29) is 24.2 Å². The average Bonchev–Trinajstić information content (AvgIpc) is 2.73. The van der Waals surface area contributed by atoms with E-state index < -0.39 is 5.97 Å². The fraction of sp³-hybridized carbons (Fsp3) is 0.375. The molecule has 6 nitrogen and oxygen atoms in total. The maximum atomic E-state index is 12.9. The van der Waals surface area contributed by atoms with Crippen LogP contribution in [0.1, 0.15) is 44.7 Å². The number of carbonyl (C=O) groups excluding carboxylic acids is 3. The number of piperidine rings is 1. The fourth-order valence-corrected chi connectivity index (χ4v) is 3.91. The summed E-state index contributed by atoms with van der Waals surface area (Å²) >= 11 is 0. The van der Waals surface area contributed by atoms with Crippen LogP contribution < -0.4 is 5.32 Å². The molecule has 2 aromatic carbocycles. The number of anilines is 1. The van der Waals surface area contributed by atoms with Gasteiger partial charge in [0.1, 0.15) is 0 Å². The largest absolute Gasteiger partial charge is 0.465 e. The summed E-state index contributed by atoms with van der Waals surface area (Å²) in [4.78, 5) is 39.0. The summed E-state index contributed by atoms with van der Waals surface area (Å²) in [7, 11) is 1.32. The molecule has 30 heavy (non-hydrogen) atoms. The topological polar surface area (TPSA) is 75.7 Å². The third-order valence-corrected chi connectivity index (χ3v) is 5.54. The zero-order valence-electron chi connectivity index (χ0n) is 17.7. The number of ketones is 1. The van der Waals surface area contributed by atoms with E-state index in [1.165, 1.54) is 7.11 Å². The van der Waals surface area contributed by atoms with E-state index in [9.17, 15) is 14.4 Å². The monoisotopic (exact) mass is 408 g/mol. The number of hydrogen-bond donors (Lipinski definition) is 1. The lowest BCUT2D eigenvalue weighted by Gasteiger charge is -2.31. The summed E-state index contributed by atoms with van der Waals surface area (Å²) in [5.74, 6) is -0.378. The number of hydrogen-bond acceptors (Lipinski definition) is 5. The molecule has 0 aromatic heterocycles. The Labute approximate surface area is 177 Å². The highest BCUT2D eigenvalue weighted by molar-refractivity contribution is 5.99. The molecule has 0 radical (unpaired) electrons. The molecule has 1 aliphatic rings. The normalized spacial score (nSPS) is 14.9. The van der Waals surface area contributed by atoms with Crippen LogP contribution in [0.4, 0.5) is 5.69 Å². The van der Waals surface area contributed by atoms with Crippen molar-refractivity contribution in [3.8, 4) is 0 Å². The predicted molar refractivity (Wildman–Crippen MR) is 116 cm³/mol. The fourth-order valence-electron chi connectivity index (χ4n) is 3.91. The van der Waals surface area contributed by atoms with E-state index in [0.717, 1.165) is 29.5 Å². The number of methoxy groups -OCH3 is 1. The predicted octanol–water partition coefficient (Wildman–Crippen LogP) is 3.62. The molecule has 1 N–H and O–H groups in total. The third-order valence-electron chi connectivity index (χ3n) is 5.54. The van der Waals surface area contributed by atoms with Crippen LogP contribution in [0, 0.1) is 19.8 Å². The lowest BCUT2D eigenvalue weighted by Crippen LogP contribution is -2.40. The number of carbonyl (C=O) groups is 3. The van der Waals surface area contributed by atoms with Crippen LogP contribution in [0.15, 0.2) is 42.5 Å². The summed E-state index contributed by atoms with van der Waals surface area (Å²) in [5, 5.41) is 2.83. The molecular weight excluding hydrogens is 380 g/mol. The number of nitrogens with zero attached hydrogens (tertiary/aromatic N) is 1. The van der Waals surface area contributed by atoms with Crippen LogP contribution >= 0.6 is 0 Å². The van der Waals surface area contributed by atoms with Crippen LogP contribution in [0.25, 0.3) is 0 Å². The highest BCUT2D eigenvalue weighted by Crippen LogP contribution is 2.24. The van der Waals surface area contributed by atoms with Gasteiger partial charge < -0.3 is 10.1 Å². The second kappa shape index (κ2) is 9.67. The standard InChI is InChI=1S/C24H28N2O4/c1-16-7-8-21(17(2)13-16)23(28)18-9-11-26(12-10-18)15-22(27)25-20-6-4-5-19(14-20)24(29)30-3/h4-8,13-14,18H,9-12,15H2,1-3H3,(H,25,27). The van der Waals surface area contributed by atoms with Crippen molar-refractivity contribution >= 4 is 23.3 Å². The number of esters is 1. The number of benzene rings is 2. The Bertz CT molecular complexity index is 946. The van der Waals surface area contributed by atoms with Gasteiger partial charge in [0.15, 0.2) is 5.78 Å². The molecule has 1 heterocycles. The molecule has 0 aliphatic carbocycles. The number of aryl methyl sites for hydroxylation is 2. The minimum Gasteiger partial charge on any atom is -0.465 e. The van der Waals surface area contributed by atoms with Crippen LogP contribution in [0.2, 0.25) is 0 Å². The number of ether oxygens (including phenoxy) is 1. The summed E-state index contributed by atoms with van der Waals surface area (Å²) in [6.45, 7) is 5.67. The summed E-state index contributed by atoms with van der Waals surface area (Å²) in [6.07, 6.45) is 1.49. The zero-order chi connectivity index (χ0) is 21.7. The molecule has 2 aromatic rings. The van der Waals surface area contributed by atoms with Crippen molar-refractivity contribution in [1.29, 1.82) is 0 Å². The van der Waals surface area contributed by atoms with Crippen molar-refractivity contribution in [3.63, 3.8) is 0 Å². The second-order valence-electron chi connectivity index (χ2n) is 7.85. The smallest absolute Gasteiger partial charge is 0.337 e. The molecule has 1 fully saturated rings. The molecule has 6 heteroatoms. The third kappa shape index (κ3) is 5.33. The van der Waals surface area contributed by atoms with Crippen molar-refractivity contribution in [2.45, 2.75) is 26.7 Å². The Morgan fingerprint density at radius 1 is 1.07 bits per heavy atom. The number of amides is 1. The van der Waals surface area contributed by atoms with E-state index in [1.807, 2.05) is 32.0 Å². The zero-order valence-corrected chi connectivity index (χ0v) is 17.7. The maximum Gasteiger partial charge on any atom is 0.337 e. The van der Waals surface area contributed by atoms with Gasteiger partial charge in [-0.2, -0.15) is 0 Å². The minimum atomic E-state index is -0.443. The van der Waals surface area contributed by atoms with Gasteiger partial charge in [-0.3, -0.25) is 14.5 Å². The first-order chi connectivity index (χ1) is 14.4. The SMILES string of the molecule is COC(=O)c1cccc(NC(=O)CN2CCC(C(=O)c3ccc(C)cc3C)CC2)c1. The van der Waals surface area contributed by atoms with Gasteiger partial charge in [0, 0.05) is 17.2 Å². The quantitative estimate of drug-likeness (QED) is 0.584. The first-order valence-corrected chi connectivity index (χ1v) is 10.2. The summed E-state index contributed by atoms with van der Waals surface area (Å²) < 4.78 is 4.70. The Morgan fingerprint density at radius 3 is 2.47 bits per heavy atom. The minimum absolute atomic E-state index is 0.00227. The highest BCUT2D eigenvalue weighted by Gasteiger charge is 2.27. The lowest BCUT2D eigenvalue weighted by molar-refractivity contribution is -0.117. The van der Waals surface area contributed by atoms with E-state index in [1.54, 1.807) is 24.3 Å². The molecule has 0 bridgehead atoms. The van der Waals surface area contributed by atoms with Crippen LogP contribution in [0.5, 0.6) is 0 Å². The van der Waals surface area contributed by atoms with Gasteiger partial charge in [-0.1, -0.05) is 29.8 Å². The maximum absolute atomic E-state index is 12.9. The average molecular weight is 408 g/mol. The van der Waals surface area contributed by atoms with Crippen LogP contribution in [0.3, 0.4) is 0 Å². The highest BCUT2D eigenvalue weighted by atomic mass is 16.5. The van der Waals surface area contributed by atoms with E-state index in [2.05, 4.69) is 10.2 Å². The first kappa shape index (κ1) is 21.7. The van der Waals surface area contributed by atoms with E-state index in [4.69, 9.17) is 4.74 Å². The van der Waals surface area contributed by atoms with E-state index in [0.29, 0.717) is 24.3 Å². The van der Waals surface area contributed by atoms with Crippen molar-refractivity contribution in [2.24, 2.45) is 5.92 Å². The van der Waals surface area contributed by atoms with Gasteiger partial charge in [0.2, 0.25) is 5.91 Å². The molecule has 158 valence electrons. The Balaban J connectivity index is 1.51. The van der Waals surface area contributed by atoms with Crippen LogP contribution in [-0.2, 0) is 9.53 Å². The van der Waals surface area contributed by atoms with Gasteiger partial charge in [-0.25, -0.2) is 4.79 Å². The van der Waals surface area contributed by atoms with Gasteiger partial charge in [-0.05, 0) is 63.5 Å². The molecule has 3 rings (SSSR count). The van der Waals surface area contributed by atoms with Gasteiger partial charge in [0.25, 0.3) is 0 Å². The first-order valence-electron chi connectivity index (χ1n) is 10.2. The van der Waals surface area contributed by atoms with Crippen molar-refractivity contribution in [2.75, 3.05) is 32.1 Å².